The SMILES string of the molecule is Cc1cc(Oc2ccc(Cl)c(C(C)(F)F)c2)ncc1N=CN(C)C. The van der Waals surface area contributed by atoms with Crippen LogP contribution >= 0.6 is 11.6 Å². The van der Waals surface area contributed by atoms with E-state index in [1.165, 1.54) is 18.2 Å². The first-order chi connectivity index (χ1) is 11.2. The van der Waals surface area contributed by atoms with Crippen molar-refractivity contribution in [2.24, 2.45) is 4.99 Å². The molecule has 0 saturated heterocycles. The van der Waals surface area contributed by atoms with Gasteiger partial charge in [0.25, 0.3) is 5.92 Å². The van der Waals surface area contributed by atoms with Gasteiger partial charge < -0.3 is 9.64 Å². The largest absolute Gasteiger partial charge is 0.439 e. The molecule has 0 N–H and O–H groups in total. The molecule has 2 rings (SSSR count). The van der Waals surface area contributed by atoms with E-state index in [9.17, 15) is 8.78 Å². The highest BCUT2D eigenvalue weighted by Crippen LogP contribution is 2.36. The molecule has 24 heavy (non-hydrogen) atoms. The van der Waals surface area contributed by atoms with Crippen molar-refractivity contribution in [3.63, 3.8) is 0 Å². The Morgan fingerprint density at radius 2 is 2.00 bits per heavy atom. The molecule has 0 radical (unpaired) electrons. The van der Waals surface area contributed by atoms with E-state index in [2.05, 4.69) is 9.98 Å². The molecule has 0 bridgehead atoms. The summed E-state index contributed by atoms with van der Waals surface area (Å²) in [5.41, 5.74) is 1.27. The average Bonchev–Trinajstić information content (AvgIpc) is 2.47. The van der Waals surface area contributed by atoms with Gasteiger partial charge in [0, 0.05) is 37.7 Å². The van der Waals surface area contributed by atoms with Crippen molar-refractivity contribution in [1.29, 1.82) is 0 Å². The number of aromatic nitrogens is 1. The normalized spacial score (nSPS) is 11.8. The summed E-state index contributed by atoms with van der Waals surface area (Å²) in [6.45, 7) is 2.66. The Kier molecular flexibility index (Phi) is 5.39. The first-order valence-electron chi connectivity index (χ1n) is 7.20. The summed E-state index contributed by atoms with van der Waals surface area (Å²) >= 11 is 5.82. The van der Waals surface area contributed by atoms with Crippen LogP contribution in [0.1, 0.15) is 18.1 Å². The van der Waals surface area contributed by atoms with Gasteiger partial charge in [-0.1, -0.05) is 11.6 Å². The monoisotopic (exact) mass is 353 g/mol. The van der Waals surface area contributed by atoms with Crippen molar-refractivity contribution < 1.29 is 13.5 Å². The van der Waals surface area contributed by atoms with E-state index in [0.717, 1.165) is 12.5 Å². The lowest BCUT2D eigenvalue weighted by Gasteiger charge is -2.14. The summed E-state index contributed by atoms with van der Waals surface area (Å²) in [4.78, 5) is 10.2. The van der Waals surface area contributed by atoms with Crippen LogP contribution in [0, 0.1) is 6.92 Å². The van der Waals surface area contributed by atoms with Crippen molar-refractivity contribution in [3.8, 4) is 11.6 Å². The third kappa shape index (κ3) is 4.64. The fourth-order valence-corrected chi connectivity index (χ4v) is 2.20. The maximum absolute atomic E-state index is 13.5. The highest BCUT2D eigenvalue weighted by atomic mass is 35.5. The van der Waals surface area contributed by atoms with Gasteiger partial charge in [0.15, 0.2) is 0 Å². The second kappa shape index (κ2) is 7.13. The van der Waals surface area contributed by atoms with Gasteiger partial charge in [0.1, 0.15) is 5.75 Å². The molecule has 0 amide bonds. The van der Waals surface area contributed by atoms with Crippen molar-refractivity contribution >= 4 is 23.6 Å². The van der Waals surface area contributed by atoms with Crippen LogP contribution < -0.4 is 4.74 Å². The highest BCUT2D eigenvalue weighted by molar-refractivity contribution is 6.31. The molecule has 0 aliphatic carbocycles. The van der Waals surface area contributed by atoms with Gasteiger partial charge in [-0.05, 0) is 30.7 Å². The molecule has 7 heteroatoms. The molecule has 4 nitrogen and oxygen atoms in total. The zero-order valence-electron chi connectivity index (χ0n) is 13.8. The summed E-state index contributed by atoms with van der Waals surface area (Å²) < 4.78 is 32.6. The fourth-order valence-electron chi connectivity index (χ4n) is 1.92. The molecule has 2 aromatic rings. The van der Waals surface area contributed by atoms with Gasteiger partial charge in [-0.3, -0.25) is 0 Å². The third-order valence-corrected chi connectivity index (χ3v) is 3.45. The molecular formula is C17H18ClF2N3O. The van der Waals surface area contributed by atoms with Gasteiger partial charge in [-0.15, -0.1) is 0 Å². The Morgan fingerprint density at radius 3 is 2.58 bits per heavy atom. The molecule has 0 aliphatic heterocycles. The molecule has 0 atom stereocenters. The number of hydrogen-bond donors (Lipinski definition) is 0. The molecule has 0 aliphatic rings. The van der Waals surface area contributed by atoms with Crippen molar-refractivity contribution in [3.05, 3.63) is 46.6 Å². The van der Waals surface area contributed by atoms with E-state index >= 15 is 0 Å². The summed E-state index contributed by atoms with van der Waals surface area (Å²) in [5, 5.41) is -0.00707. The van der Waals surface area contributed by atoms with Gasteiger partial charge in [0.2, 0.25) is 5.88 Å². The van der Waals surface area contributed by atoms with Gasteiger partial charge >= 0.3 is 0 Å². The zero-order valence-corrected chi connectivity index (χ0v) is 14.6. The molecule has 0 fully saturated rings. The molecule has 0 saturated carbocycles. The number of aliphatic imine (C=N–C) groups is 1. The summed E-state index contributed by atoms with van der Waals surface area (Å²) in [7, 11) is 3.73. The predicted octanol–water partition coefficient (Wildman–Crippen LogP) is 5.17. The quantitative estimate of drug-likeness (QED) is 0.549. The maximum atomic E-state index is 13.5. The number of alkyl halides is 2. The lowest BCUT2D eigenvalue weighted by Crippen LogP contribution is -2.08. The highest BCUT2D eigenvalue weighted by Gasteiger charge is 2.27. The van der Waals surface area contributed by atoms with E-state index in [4.69, 9.17) is 16.3 Å². The molecule has 0 spiro atoms. The summed E-state index contributed by atoms with van der Waals surface area (Å²) in [5.74, 6) is -2.51. The van der Waals surface area contributed by atoms with Crippen LogP contribution in [0.15, 0.2) is 35.5 Å². The number of ether oxygens (including phenoxy) is 1. The minimum atomic E-state index is -3.05. The molecule has 1 heterocycles. The van der Waals surface area contributed by atoms with Gasteiger partial charge in [0.05, 0.1) is 18.2 Å². The van der Waals surface area contributed by atoms with Crippen LogP contribution in [0.5, 0.6) is 11.6 Å². The van der Waals surface area contributed by atoms with Crippen LogP contribution in [0.25, 0.3) is 0 Å². The summed E-state index contributed by atoms with van der Waals surface area (Å²) in [6.07, 6.45) is 3.23. The molecule has 128 valence electrons. The third-order valence-electron chi connectivity index (χ3n) is 3.12. The number of aryl methyl sites for hydroxylation is 1. The Hall–Kier alpha value is -2.21. The second-order valence-corrected chi connectivity index (χ2v) is 6.06. The smallest absolute Gasteiger partial charge is 0.272 e. The van der Waals surface area contributed by atoms with Crippen LogP contribution in [0.4, 0.5) is 14.5 Å². The number of pyridine rings is 1. The van der Waals surface area contributed by atoms with Gasteiger partial charge in [-0.25, -0.2) is 18.8 Å². The summed E-state index contributed by atoms with van der Waals surface area (Å²) in [6, 6.07) is 5.82. The maximum Gasteiger partial charge on any atom is 0.272 e. The molecule has 1 aromatic carbocycles. The van der Waals surface area contributed by atoms with Crippen molar-refractivity contribution in [2.75, 3.05) is 14.1 Å². The molecular weight excluding hydrogens is 336 g/mol. The Labute approximate surface area is 144 Å². The number of rotatable bonds is 5. The standard InChI is InChI=1S/C17H18ClF2N3O/c1-11-7-16(21-9-15(11)22-10-23(3)4)24-12-5-6-14(18)13(8-12)17(2,19)20/h5-10H,1-4H3. The van der Waals surface area contributed by atoms with E-state index in [0.29, 0.717) is 11.6 Å². The average molecular weight is 354 g/mol. The van der Waals surface area contributed by atoms with Crippen molar-refractivity contribution in [1.82, 2.24) is 9.88 Å². The zero-order chi connectivity index (χ0) is 17.9. The van der Waals surface area contributed by atoms with E-state index in [1.54, 1.807) is 18.6 Å². The minimum Gasteiger partial charge on any atom is -0.439 e. The Bertz CT molecular complexity index is 758. The lowest BCUT2D eigenvalue weighted by molar-refractivity contribution is 0.0174. The number of hydrogen-bond acceptors (Lipinski definition) is 3. The first-order valence-corrected chi connectivity index (χ1v) is 7.57. The predicted molar refractivity (Wildman–Crippen MR) is 91.9 cm³/mol. The topological polar surface area (TPSA) is 37.7 Å². The lowest BCUT2D eigenvalue weighted by atomic mass is 10.1. The van der Waals surface area contributed by atoms with E-state index < -0.39 is 5.92 Å². The first kappa shape index (κ1) is 18.1. The Balaban J connectivity index is 2.24. The van der Waals surface area contributed by atoms with Crippen LogP contribution in [0.3, 0.4) is 0 Å². The number of benzene rings is 1. The molecule has 0 unspecified atom stereocenters. The van der Waals surface area contributed by atoms with E-state index in [-0.39, 0.29) is 16.3 Å². The Morgan fingerprint density at radius 1 is 1.29 bits per heavy atom. The van der Waals surface area contributed by atoms with Crippen LogP contribution in [-0.4, -0.2) is 30.3 Å². The fraction of sp³-hybridized carbons (Fsp3) is 0.294. The van der Waals surface area contributed by atoms with Crippen LogP contribution in [-0.2, 0) is 5.92 Å². The number of halogens is 3. The minimum absolute atomic E-state index is 0.00707. The van der Waals surface area contributed by atoms with Gasteiger partial charge in [-0.2, -0.15) is 0 Å². The number of nitrogens with zero attached hydrogens (tertiary/aromatic N) is 3. The van der Waals surface area contributed by atoms with E-state index in [1.807, 2.05) is 25.9 Å². The second-order valence-electron chi connectivity index (χ2n) is 5.65. The van der Waals surface area contributed by atoms with Crippen molar-refractivity contribution in [2.45, 2.75) is 19.8 Å². The molecule has 1 aromatic heterocycles. The van der Waals surface area contributed by atoms with Crippen LogP contribution in [0.2, 0.25) is 5.02 Å².